The summed E-state index contributed by atoms with van der Waals surface area (Å²) in [4.78, 5) is 17.4. The van der Waals surface area contributed by atoms with Gasteiger partial charge in [0.15, 0.2) is 11.6 Å². The van der Waals surface area contributed by atoms with Crippen LogP contribution >= 0.6 is 0 Å². The predicted molar refractivity (Wildman–Crippen MR) is 151 cm³/mol. The molecule has 41 heavy (non-hydrogen) atoms. The average Bonchev–Trinajstić information content (AvgIpc) is 3.62. The lowest BCUT2D eigenvalue weighted by Crippen LogP contribution is -2.49. The number of benzene rings is 2. The lowest BCUT2D eigenvalue weighted by atomic mass is 9.98. The fraction of sp³-hybridized carbons (Fsp3) is 0.433. The summed E-state index contributed by atoms with van der Waals surface area (Å²) in [5, 5.41) is 6.40. The van der Waals surface area contributed by atoms with Crippen molar-refractivity contribution >= 4 is 22.6 Å². The van der Waals surface area contributed by atoms with Crippen LogP contribution in [0.25, 0.3) is 22.4 Å². The van der Waals surface area contributed by atoms with E-state index in [0.29, 0.717) is 54.8 Å². The first-order valence-corrected chi connectivity index (χ1v) is 13.9. The van der Waals surface area contributed by atoms with Crippen LogP contribution in [0.5, 0.6) is 17.2 Å². The largest absolute Gasteiger partial charge is 0.493 e. The van der Waals surface area contributed by atoms with Crippen LogP contribution < -0.4 is 19.5 Å². The molecule has 11 heteroatoms. The van der Waals surface area contributed by atoms with Gasteiger partial charge >= 0.3 is 0 Å². The van der Waals surface area contributed by atoms with E-state index in [9.17, 15) is 4.79 Å². The Hall–Kier alpha value is -4.12. The fourth-order valence-electron chi connectivity index (χ4n) is 4.74. The SMILES string of the molecule is CCCCOc1c(OC)cc(-c2nc3cc(NC(=O)c4cnoc4)ccc3n2C2(C)COC2)c(F)c1OCCCC. The molecule has 1 aliphatic rings. The number of nitrogens with one attached hydrogen (secondary N) is 1. The molecule has 218 valence electrons. The Morgan fingerprint density at radius 1 is 1.12 bits per heavy atom. The molecule has 1 amide bonds. The van der Waals surface area contributed by atoms with Gasteiger partial charge in [-0.2, -0.15) is 0 Å². The highest BCUT2D eigenvalue weighted by Crippen LogP contribution is 2.46. The van der Waals surface area contributed by atoms with Gasteiger partial charge in [-0.1, -0.05) is 31.8 Å². The number of halogens is 1. The number of unbranched alkanes of at least 4 members (excludes halogenated alkanes) is 2. The van der Waals surface area contributed by atoms with Crippen LogP contribution in [0.15, 0.2) is 41.2 Å². The number of amides is 1. The zero-order chi connectivity index (χ0) is 29.0. The first kappa shape index (κ1) is 28.4. The quantitative estimate of drug-likeness (QED) is 0.191. The van der Waals surface area contributed by atoms with Crippen molar-refractivity contribution in [2.45, 2.75) is 52.0 Å². The second-order valence-corrected chi connectivity index (χ2v) is 10.3. The number of rotatable bonds is 13. The van der Waals surface area contributed by atoms with Gasteiger partial charge in [-0.05, 0) is 44.0 Å². The molecule has 1 saturated heterocycles. The molecular formula is C30H35FN4O6. The zero-order valence-corrected chi connectivity index (χ0v) is 23.8. The van der Waals surface area contributed by atoms with Gasteiger partial charge in [0.1, 0.15) is 12.1 Å². The van der Waals surface area contributed by atoms with Gasteiger partial charge in [0.05, 0.1) is 67.4 Å². The lowest BCUT2D eigenvalue weighted by Gasteiger charge is -2.40. The summed E-state index contributed by atoms with van der Waals surface area (Å²) in [7, 11) is 1.52. The molecule has 0 bridgehead atoms. The Bertz CT molecular complexity index is 1510. The van der Waals surface area contributed by atoms with E-state index in [-0.39, 0.29) is 23.0 Å². The zero-order valence-electron chi connectivity index (χ0n) is 23.8. The maximum absolute atomic E-state index is 16.5. The Kier molecular flexibility index (Phi) is 8.44. The molecule has 1 N–H and O–H groups in total. The van der Waals surface area contributed by atoms with E-state index in [4.69, 9.17) is 28.5 Å². The minimum absolute atomic E-state index is 0.0131. The van der Waals surface area contributed by atoms with Crippen LogP contribution in [-0.4, -0.2) is 54.2 Å². The molecule has 3 heterocycles. The highest BCUT2D eigenvalue weighted by Gasteiger charge is 2.40. The Morgan fingerprint density at radius 3 is 2.46 bits per heavy atom. The number of aromatic nitrogens is 3. The Morgan fingerprint density at radius 2 is 1.85 bits per heavy atom. The minimum Gasteiger partial charge on any atom is -0.493 e. The maximum Gasteiger partial charge on any atom is 0.260 e. The van der Waals surface area contributed by atoms with E-state index in [2.05, 4.69) is 17.4 Å². The highest BCUT2D eigenvalue weighted by molar-refractivity contribution is 6.04. The minimum atomic E-state index is -0.574. The van der Waals surface area contributed by atoms with Gasteiger partial charge < -0.3 is 33.4 Å². The second-order valence-electron chi connectivity index (χ2n) is 10.3. The standard InChI is InChI=1S/C30H35FN4O6/c1-5-7-11-39-26-24(37-4)14-21(25(31)27(26)40-12-8-6-2)28-34-22-13-20(33-29(36)19-15-32-41-16-19)9-10-23(22)35(28)30(3)17-38-18-30/h9-10,13-16H,5-8,11-12,17-18H2,1-4H3,(H,33,36). The number of anilines is 1. The molecule has 0 spiro atoms. The van der Waals surface area contributed by atoms with Gasteiger partial charge in [0.25, 0.3) is 5.91 Å². The Labute approximate surface area is 237 Å². The topological polar surface area (TPSA) is 110 Å². The van der Waals surface area contributed by atoms with Gasteiger partial charge in [-0.3, -0.25) is 4.79 Å². The van der Waals surface area contributed by atoms with Crippen LogP contribution in [0.1, 0.15) is 56.8 Å². The van der Waals surface area contributed by atoms with Crippen LogP contribution in [0.2, 0.25) is 0 Å². The normalized spacial score (nSPS) is 14.1. The number of hydrogen-bond acceptors (Lipinski definition) is 8. The number of fused-ring (bicyclic) bond motifs is 1. The van der Waals surface area contributed by atoms with E-state index in [0.717, 1.165) is 31.2 Å². The first-order valence-electron chi connectivity index (χ1n) is 13.9. The van der Waals surface area contributed by atoms with Crippen LogP contribution in [0.4, 0.5) is 10.1 Å². The lowest BCUT2D eigenvalue weighted by molar-refractivity contribution is -0.0868. The molecule has 2 aromatic heterocycles. The molecule has 0 saturated carbocycles. The van der Waals surface area contributed by atoms with Crippen LogP contribution in [0.3, 0.4) is 0 Å². The van der Waals surface area contributed by atoms with Crippen molar-refractivity contribution in [3.05, 3.63) is 48.1 Å². The second kappa shape index (κ2) is 12.2. The van der Waals surface area contributed by atoms with E-state index < -0.39 is 11.4 Å². The van der Waals surface area contributed by atoms with E-state index in [1.165, 1.54) is 19.6 Å². The summed E-state index contributed by atoms with van der Waals surface area (Å²) in [6, 6.07) is 6.99. The molecule has 2 aromatic carbocycles. The number of methoxy groups -OCH3 is 1. The summed E-state index contributed by atoms with van der Waals surface area (Å²) >= 11 is 0. The molecule has 0 radical (unpaired) electrons. The Balaban J connectivity index is 1.63. The first-order chi connectivity index (χ1) is 19.9. The molecule has 4 aromatic rings. The van der Waals surface area contributed by atoms with E-state index in [1.807, 2.05) is 24.5 Å². The number of carbonyl (C=O) groups is 1. The third-order valence-electron chi connectivity index (χ3n) is 7.06. The van der Waals surface area contributed by atoms with Gasteiger partial charge in [-0.25, -0.2) is 9.37 Å². The summed E-state index contributed by atoms with van der Waals surface area (Å²) in [5.74, 6) is 0.0728. The summed E-state index contributed by atoms with van der Waals surface area (Å²) in [6.45, 7) is 7.77. The summed E-state index contributed by atoms with van der Waals surface area (Å²) < 4.78 is 46.5. The van der Waals surface area contributed by atoms with Crippen molar-refractivity contribution in [2.75, 3.05) is 38.9 Å². The van der Waals surface area contributed by atoms with Crippen LogP contribution in [0, 0.1) is 5.82 Å². The van der Waals surface area contributed by atoms with Crippen molar-refractivity contribution in [2.24, 2.45) is 0 Å². The van der Waals surface area contributed by atoms with Gasteiger partial charge in [0.2, 0.25) is 11.5 Å². The third kappa shape index (κ3) is 5.58. The summed E-state index contributed by atoms with van der Waals surface area (Å²) in [5.41, 5.74) is 1.92. The number of imidazole rings is 1. The molecule has 5 rings (SSSR count). The van der Waals surface area contributed by atoms with Crippen molar-refractivity contribution in [3.63, 3.8) is 0 Å². The summed E-state index contributed by atoms with van der Waals surface area (Å²) in [6.07, 6.45) is 6.01. The van der Waals surface area contributed by atoms with Crippen molar-refractivity contribution in [1.82, 2.24) is 14.7 Å². The molecular weight excluding hydrogens is 531 g/mol. The van der Waals surface area contributed by atoms with Crippen molar-refractivity contribution in [3.8, 4) is 28.6 Å². The smallest absolute Gasteiger partial charge is 0.260 e. The van der Waals surface area contributed by atoms with Crippen LogP contribution in [-0.2, 0) is 10.3 Å². The molecule has 1 fully saturated rings. The monoisotopic (exact) mass is 566 g/mol. The molecule has 0 atom stereocenters. The molecule has 10 nitrogen and oxygen atoms in total. The maximum atomic E-state index is 16.5. The number of hydrogen-bond donors (Lipinski definition) is 1. The van der Waals surface area contributed by atoms with Gasteiger partial charge in [-0.15, -0.1) is 0 Å². The van der Waals surface area contributed by atoms with E-state index in [1.54, 1.807) is 18.2 Å². The molecule has 1 aliphatic heterocycles. The number of carbonyl (C=O) groups excluding carboxylic acids is 1. The predicted octanol–water partition coefficient (Wildman–Crippen LogP) is 6.19. The van der Waals surface area contributed by atoms with E-state index >= 15 is 4.39 Å². The van der Waals surface area contributed by atoms with Gasteiger partial charge in [0, 0.05) is 5.69 Å². The third-order valence-corrected chi connectivity index (χ3v) is 7.06. The average molecular weight is 567 g/mol. The fourth-order valence-corrected chi connectivity index (χ4v) is 4.74. The molecule has 0 unspecified atom stereocenters. The van der Waals surface area contributed by atoms with Crippen molar-refractivity contribution < 1.29 is 32.7 Å². The van der Waals surface area contributed by atoms with Crippen molar-refractivity contribution in [1.29, 1.82) is 0 Å². The number of ether oxygens (including phenoxy) is 4. The highest BCUT2D eigenvalue weighted by atomic mass is 19.1. The number of nitrogens with zero attached hydrogens (tertiary/aromatic N) is 3. The molecule has 0 aliphatic carbocycles.